The molecule has 3 aromatic rings. The lowest BCUT2D eigenvalue weighted by atomic mass is 10.2. The Morgan fingerprint density at radius 2 is 1.66 bits per heavy atom. The molecule has 0 radical (unpaired) electrons. The van der Waals surface area contributed by atoms with E-state index in [4.69, 9.17) is 9.15 Å². The van der Waals surface area contributed by atoms with Crippen LogP contribution in [0, 0.1) is 0 Å². The highest BCUT2D eigenvalue weighted by Crippen LogP contribution is 2.23. The number of carbonyl (C=O) groups excluding carboxylic acids is 3. The summed E-state index contributed by atoms with van der Waals surface area (Å²) in [6.07, 6.45) is 3.03. The lowest BCUT2D eigenvalue weighted by Gasteiger charge is -2.16. The molecule has 182 valence electrons. The van der Waals surface area contributed by atoms with Crippen LogP contribution in [0.3, 0.4) is 0 Å². The number of esters is 1. The quantitative estimate of drug-likeness (QED) is 0.457. The molecule has 0 bridgehead atoms. The van der Waals surface area contributed by atoms with E-state index in [1.807, 2.05) is 0 Å². The lowest BCUT2D eigenvalue weighted by Crippen LogP contribution is -2.28. The maximum atomic E-state index is 12.7. The molecule has 1 aromatic heterocycles. The molecule has 1 saturated heterocycles. The van der Waals surface area contributed by atoms with Crippen molar-refractivity contribution in [2.75, 3.05) is 30.3 Å². The van der Waals surface area contributed by atoms with Gasteiger partial charge in [-0.25, -0.2) is 13.2 Å². The molecule has 1 aliphatic rings. The number of hydrogen-bond acceptors (Lipinski definition) is 7. The molecule has 0 saturated carbocycles. The maximum absolute atomic E-state index is 12.7. The van der Waals surface area contributed by atoms with Crippen LogP contribution < -0.4 is 10.6 Å². The van der Waals surface area contributed by atoms with Gasteiger partial charge in [0.1, 0.15) is 0 Å². The first kappa shape index (κ1) is 24.2. The minimum atomic E-state index is -3.62. The topological polar surface area (TPSA) is 135 Å². The fourth-order valence-corrected chi connectivity index (χ4v) is 5.08. The van der Waals surface area contributed by atoms with Crippen LogP contribution in [0.1, 0.15) is 33.8 Å². The fourth-order valence-electron chi connectivity index (χ4n) is 3.51. The van der Waals surface area contributed by atoms with E-state index >= 15 is 0 Å². The summed E-state index contributed by atoms with van der Waals surface area (Å²) in [5.74, 6) is -1.62. The third kappa shape index (κ3) is 5.94. The van der Waals surface area contributed by atoms with Crippen LogP contribution in [-0.2, 0) is 19.6 Å². The number of rotatable bonds is 8. The standard InChI is InChI=1S/C24H23N3O7S/c28-22(25-19-5-3-6-20(15-19)35(31,32)27-12-1-2-13-27)16-34-24(30)17-8-10-18(11-9-17)26-23(29)21-7-4-14-33-21/h3-11,14-15H,1-2,12-13,16H2,(H,25,28)(H,26,29). The Morgan fingerprint density at radius 1 is 0.914 bits per heavy atom. The van der Waals surface area contributed by atoms with Gasteiger partial charge in [-0.2, -0.15) is 4.31 Å². The summed E-state index contributed by atoms with van der Waals surface area (Å²) in [6, 6.07) is 15.0. The molecule has 2 N–H and O–H groups in total. The first-order chi connectivity index (χ1) is 16.8. The minimum absolute atomic E-state index is 0.0911. The summed E-state index contributed by atoms with van der Waals surface area (Å²) in [6.45, 7) is 0.400. The number of nitrogens with one attached hydrogen (secondary N) is 2. The molecule has 0 aliphatic carbocycles. The highest BCUT2D eigenvalue weighted by atomic mass is 32.2. The Balaban J connectivity index is 1.29. The van der Waals surface area contributed by atoms with Crippen molar-refractivity contribution < 1.29 is 32.0 Å². The molecule has 1 aliphatic heterocycles. The second-order valence-electron chi connectivity index (χ2n) is 7.77. The number of furan rings is 1. The van der Waals surface area contributed by atoms with Crippen LogP contribution in [0.2, 0.25) is 0 Å². The summed E-state index contributed by atoms with van der Waals surface area (Å²) in [5.41, 5.74) is 0.917. The summed E-state index contributed by atoms with van der Waals surface area (Å²) in [5, 5.41) is 5.17. The number of sulfonamides is 1. The SMILES string of the molecule is O=C(COC(=O)c1ccc(NC(=O)c2ccco2)cc1)Nc1cccc(S(=O)(=O)N2CCCC2)c1. The molecule has 2 heterocycles. The van der Waals surface area contributed by atoms with Crippen molar-refractivity contribution in [3.05, 3.63) is 78.3 Å². The van der Waals surface area contributed by atoms with Gasteiger partial charge in [0, 0.05) is 24.5 Å². The van der Waals surface area contributed by atoms with Gasteiger partial charge in [0.05, 0.1) is 16.7 Å². The van der Waals surface area contributed by atoms with Crippen LogP contribution in [0.4, 0.5) is 11.4 Å². The van der Waals surface area contributed by atoms with E-state index in [1.165, 1.54) is 59.1 Å². The molecule has 0 atom stereocenters. The number of ether oxygens (including phenoxy) is 1. The van der Waals surface area contributed by atoms with E-state index in [2.05, 4.69) is 10.6 Å². The van der Waals surface area contributed by atoms with Gasteiger partial charge in [-0.05, 0) is 67.4 Å². The molecule has 0 unspecified atom stereocenters. The minimum Gasteiger partial charge on any atom is -0.459 e. The van der Waals surface area contributed by atoms with Gasteiger partial charge >= 0.3 is 5.97 Å². The Morgan fingerprint density at radius 3 is 2.34 bits per heavy atom. The second kappa shape index (κ2) is 10.5. The largest absolute Gasteiger partial charge is 0.459 e. The number of amides is 2. The zero-order valence-electron chi connectivity index (χ0n) is 18.6. The van der Waals surface area contributed by atoms with Crippen LogP contribution in [0.5, 0.6) is 0 Å². The smallest absolute Gasteiger partial charge is 0.338 e. The van der Waals surface area contributed by atoms with Crippen molar-refractivity contribution in [2.45, 2.75) is 17.7 Å². The van der Waals surface area contributed by atoms with Gasteiger partial charge in [0.2, 0.25) is 10.0 Å². The molecule has 0 spiro atoms. The number of carbonyl (C=O) groups is 3. The maximum Gasteiger partial charge on any atom is 0.338 e. The van der Waals surface area contributed by atoms with Crippen molar-refractivity contribution in [1.29, 1.82) is 0 Å². The average molecular weight is 498 g/mol. The van der Waals surface area contributed by atoms with Crippen molar-refractivity contribution in [2.24, 2.45) is 0 Å². The molecule has 2 amide bonds. The van der Waals surface area contributed by atoms with E-state index in [9.17, 15) is 22.8 Å². The molecule has 4 rings (SSSR count). The lowest BCUT2D eigenvalue weighted by molar-refractivity contribution is -0.119. The zero-order valence-corrected chi connectivity index (χ0v) is 19.4. The van der Waals surface area contributed by atoms with Crippen molar-refractivity contribution >= 4 is 39.2 Å². The van der Waals surface area contributed by atoms with E-state index < -0.39 is 34.4 Å². The zero-order chi connectivity index (χ0) is 24.8. The second-order valence-corrected chi connectivity index (χ2v) is 9.71. The van der Waals surface area contributed by atoms with Crippen LogP contribution in [0.25, 0.3) is 0 Å². The molecule has 10 nitrogen and oxygen atoms in total. The van der Waals surface area contributed by atoms with E-state index in [0.29, 0.717) is 18.8 Å². The normalized spacial score (nSPS) is 13.8. The highest BCUT2D eigenvalue weighted by molar-refractivity contribution is 7.89. The van der Waals surface area contributed by atoms with E-state index in [0.717, 1.165) is 12.8 Å². The molecular formula is C24H23N3O7S. The van der Waals surface area contributed by atoms with E-state index in [1.54, 1.807) is 12.1 Å². The average Bonchev–Trinajstić information content (AvgIpc) is 3.58. The Labute approximate surface area is 201 Å². The Bertz CT molecular complexity index is 1310. The molecule has 11 heteroatoms. The van der Waals surface area contributed by atoms with Crippen LogP contribution in [-0.4, -0.2) is 50.2 Å². The fraction of sp³-hybridized carbons (Fsp3) is 0.208. The summed E-state index contributed by atoms with van der Waals surface area (Å²) < 4.78 is 36.9. The first-order valence-electron chi connectivity index (χ1n) is 10.8. The van der Waals surface area contributed by atoms with Gasteiger partial charge < -0.3 is 19.8 Å². The molecule has 35 heavy (non-hydrogen) atoms. The molecule has 2 aromatic carbocycles. The predicted molar refractivity (Wildman–Crippen MR) is 126 cm³/mol. The number of nitrogens with zero attached hydrogens (tertiary/aromatic N) is 1. The number of benzene rings is 2. The van der Waals surface area contributed by atoms with Crippen molar-refractivity contribution in [3.8, 4) is 0 Å². The monoisotopic (exact) mass is 497 g/mol. The molecular weight excluding hydrogens is 474 g/mol. The number of anilines is 2. The van der Waals surface area contributed by atoms with Crippen molar-refractivity contribution in [3.63, 3.8) is 0 Å². The summed E-state index contributed by atoms with van der Waals surface area (Å²) in [7, 11) is -3.62. The van der Waals surface area contributed by atoms with E-state index in [-0.39, 0.29) is 21.9 Å². The van der Waals surface area contributed by atoms with Gasteiger partial charge in [0.15, 0.2) is 12.4 Å². The van der Waals surface area contributed by atoms with Gasteiger partial charge in [-0.3, -0.25) is 9.59 Å². The first-order valence-corrected chi connectivity index (χ1v) is 12.3. The summed E-state index contributed by atoms with van der Waals surface area (Å²) in [4.78, 5) is 36.6. The Hall–Kier alpha value is -3.96. The highest BCUT2D eigenvalue weighted by Gasteiger charge is 2.27. The van der Waals surface area contributed by atoms with Crippen LogP contribution >= 0.6 is 0 Å². The predicted octanol–water partition coefficient (Wildman–Crippen LogP) is 3.11. The third-order valence-electron chi connectivity index (χ3n) is 5.28. The third-order valence-corrected chi connectivity index (χ3v) is 7.17. The van der Waals surface area contributed by atoms with Crippen LogP contribution in [0.15, 0.2) is 76.2 Å². The molecule has 1 fully saturated rings. The summed E-state index contributed by atoms with van der Waals surface area (Å²) >= 11 is 0. The van der Waals surface area contributed by atoms with Gasteiger partial charge in [-0.15, -0.1) is 0 Å². The van der Waals surface area contributed by atoms with Crippen molar-refractivity contribution in [1.82, 2.24) is 4.31 Å². The number of hydrogen-bond donors (Lipinski definition) is 2. The van der Waals surface area contributed by atoms with Gasteiger partial charge in [0.25, 0.3) is 11.8 Å². The van der Waals surface area contributed by atoms with Gasteiger partial charge in [-0.1, -0.05) is 6.07 Å². The Kier molecular flexibility index (Phi) is 7.28.